The summed E-state index contributed by atoms with van der Waals surface area (Å²) in [5.41, 5.74) is 5.48. The molecule has 0 saturated carbocycles. The zero-order chi connectivity index (χ0) is 22.9. The number of amides is 3. The Morgan fingerprint density at radius 2 is 1.21 bits per heavy atom. The summed E-state index contributed by atoms with van der Waals surface area (Å²) in [5, 5.41) is 25.9. The fourth-order valence-corrected chi connectivity index (χ4v) is 2.58. The third kappa shape index (κ3) is 8.36. The molecule has 0 bridgehead atoms. The zero-order valence-corrected chi connectivity index (χ0v) is 18.1. The second-order valence-electron chi connectivity index (χ2n) is 7.96. The topological polar surface area (TPSA) is 171 Å². The number of aliphatic hydroxyl groups excluding tert-OH is 1. The highest BCUT2D eigenvalue weighted by atomic mass is 16.4. The Morgan fingerprint density at radius 1 is 0.793 bits per heavy atom. The Kier molecular flexibility index (Phi) is 11.4. The van der Waals surface area contributed by atoms with E-state index in [2.05, 4.69) is 16.0 Å². The number of carbonyl (C=O) groups excluding carboxylic acids is 3. The van der Waals surface area contributed by atoms with Crippen LogP contribution in [0.3, 0.4) is 0 Å². The Balaban J connectivity index is 5.46. The Hall–Kier alpha value is -2.20. The summed E-state index contributed by atoms with van der Waals surface area (Å²) >= 11 is 0. The summed E-state index contributed by atoms with van der Waals surface area (Å²) < 4.78 is 0. The Labute approximate surface area is 172 Å². The van der Waals surface area contributed by atoms with Crippen molar-refractivity contribution in [1.29, 1.82) is 0 Å². The van der Waals surface area contributed by atoms with E-state index in [-0.39, 0.29) is 17.8 Å². The number of carbonyl (C=O) groups is 4. The van der Waals surface area contributed by atoms with Crippen LogP contribution in [-0.2, 0) is 19.2 Å². The maximum Gasteiger partial charge on any atom is 0.326 e. The molecule has 5 atom stereocenters. The summed E-state index contributed by atoms with van der Waals surface area (Å²) in [6, 6.07) is -4.20. The third-order valence-electron chi connectivity index (χ3n) is 4.80. The van der Waals surface area contributed by atoms with Crippen LogP contribution in [0.25, 0.3) is 0 Å². The molecule has 3 amide bonds. The summed E-state index contributed by atoms with van der Waals surface area (Å²) in [6.45, 7) is 9.81. The van der Waals surface area contributed by atoms with E-state index in [1.165, 1.54) is 0 Å². The highest BCUT2D eigenvalue weighted by molar-refractivity contribution is 5.94. The number of hydrogen-bond donors (Lipinski definition) is 6. The quantitative estimate of drug-likeness (QED) is 0.242. The molecule has 5 unspecified atom stereocenters. The molecule has 10 nitrogen and oxygen atoms in total. The number of nitrogens with two attached hydrogens (primary N) is 1. The van der Waals surface area contributed by atoms with Crippen molar-refractivity contribution in [3.8, 4) is 0 Å². The number of carboxylic acids is 1. The number of carboxylic acid groups (broad SMARTS) is 1. The largest absolute Gasteiger partial charge is 0.480 e. The van der Waals surface area contributed by atoms with Crippen molar-refractivity contribution >= 4 is 23.7 Å². The minimum atomic E-state index is -1.17. The molecular formula is C19H36N4O6. The molecule has 0 aromatic rings. The van der Waals surface area contributed by atoms with Gasteiger partial charge in [-0.15, -0.1) is 0 Å². The van der Waals surface area contributed by atoms with Crippen LogP contribution in [0.2, 0.25) is 0 Å². The van der Waals surface area contributed by atoms with E-state index in [0.29, 0.717) is 6.42 Å². The van der Waals surface area contributed by atoms with Gasteiger partial charge < -0.3 is 31.9 Å². The first-order valence-electron chi connectivity index (χ1n) is 9.87. The lowest BCUT2D eigenvalue weighted by Gasteiger charge is -2.29. The number of hydrogen-bond acceptors (Lipinski definition) is 6. The van der Waals surface area contributed by atoms with Crippen molar-refractivity contribution in [3.05, 3.63) is 0 Å². The van der Waals surface area contributed by atoms with Crippen LogP contribution in [0, 0.1) is 17.8 Å². The monoisotopic (exact) mass is 416 g/mol. The van der Waals surface area contributed by atoms with Crippen LogP contribution >= 0.6 is 0 Å². The van der Waals surface area contributed by atoms with Crippen molar-refractivity contribution in [1.82, 2.24) is 16.0 Å². The van der Waals surface area contributed by atoms with Crippen LogP contribution in [-0.4, -0.2) is 64.7 Å². The van der Waals surface area contributed by atoms with Crippen molar-refractivity contribution in [2.75, 3.05) is 6.61 Å². The molecule has 168 valence electrons. The minimum Gasteiger partial charge on any atom is -0.480 e. The molecule has 29 heavy (non-hydrogen) atoms. The second-order valence-corrected chi connectivity index (χ2v) is 7.96. The maximum absolute atomic E-state index is 12.8. The van der Waals surface area contributed by atoms with Gasteiger partial charge in [0.15, 0.2) is 0 Å². The molecular weight excluding hydrogens is 380 g/mol. The second kappa shape index (κ2) is 12.4. The fourth-order valence-electron chi connectivity index (χ4n) is 2.58. The van der Waals surface area contributed by atoms with Gasteiger partial charge in [-0.05, 0) is 17.8 Å². The van der Waals surface area contributed by atoms with Gasteiger partial charge in [0, 0.05) is 0 Å². The molecule has 0 aliphatic heterocycles. The van der Waals surface area contributed by atoms with Crippen LogP contribution in [0.5, 0.6) is 0 Å². The van der Waals surface area contributed by atoms with Crippen molar-refractivity contribution in [2.24, 2.45) is 23.5 Å². The van der Waals surface area contributed by atoms with E-state index < -0.39 is 54.5 Å². The summed E-state index contributed by atoms with van der Waals surface area (Å²) in [6.07, 6.45) is 0.561. The number of rotatable bonds is 12. The van der Waals surface area contributed by atoms with Gasteiger partial charge in [-0.2, -0.15) is 0 Å². The Morgan fingerprint density at radius 3 is 1.59 bits per heavy atom. The number of aliphatic carboxylic acids is 1. The van der Waals surface area contributed by atoms with Gasteiger partial charge in [0.2, 0.25) is 17.7 Å². The van der Waals surface area contributed by atoms with E-state index in [4.69, 9.17) is 10.8 Å². The lowest BCUT2D eigenvalue weighted by molar-refractivity contribution is -0.144. The van der Waals surface area contributed by atoms with Gasteiger partial charge in [0.25, 0.3) is 0 Å². The number of aliphatic hydroxyl groups is 1. The SMILES string of the molecule is CCC(C)C(NC(=O)C(NC(=O)C(N)CO)C(C)C)C(=O)NC(C(=O)O)C(C)C. The predicted octanol–water partition coefficient (Wildman–Crippen LogP) is -0.797. The summed E-state index contributed by atoms with van der Waals surface area (Å²) in [5.74, 6) is -3.96. The summed E-state index contributed by atoms with van der Waals surface area (Å²) in [4.78, 5) is 48.9. The summed E-state index contributed by atoms with van der Waals surface area (Å²) in [7, 11) is 0. The standard InChI is InChI=1S/C19H36N4O6/c1-7-11(6)15(18(27)22-14(10(4)5)19(28)29)23-17(26)13(9(2)3)21-16(25)12(20)8-24/h9-15,24H,7-8,20H2,1-6H3,(H,21,25)(H,22,27)(H,23,26)(H,28,29). The van der Waals surface area contributed by atoms with Crippen LogP contribution < -0.4 is 21.7 Å². The molecule has 0 aliphatic rings. The maximum atomic E-state index is 12.8. The molecule has 0 radical (unpaired) electrons. The lowest BCUT2D eigenvalue weighted by Crippen LogP contribution is -2.60. The molecule has 0 aromatic heterocycles. The van der Waals surface area contributed by atoms with Gasteiger partial charge in [0.05, 0.1) is 6.61 Å². The van der Waals surface area contributed by atoms with Crippen LogP contribution in [0.1, 0.15) is 48.0 Å². The van der Waals surface area contributed by atoms with Gasteiger partial charge >= 0.3 is 5.97 Å². The van der Waals surface area contributed by atoms with E-state index in [0.717, 1.165) is 0 Å². The molecule has 0 rings (SSSR count). The lowest BCUT2D eigenvalue weighted by atomic mass is 9.95. The fraction of sp³-hybridized carbons (Fsp3) is 0.789. The third-order valence-corrected chi connectivity index (χ3v) is 4.80. The average molecular weight is 417 g/mol. The highest BCUT2D eigenvalue weighted by Crippen LogP contribution is 2.12. The smallest absolute Gasteiger partial charge is 0.326 e. The molecule has 7 N–H and O–H groups in total. The van der Waals surface area contributed by atoms with E-state index in [1.807, 2.05) is 6.92 Å². The van der Waals surface area contributed by atoms with E-state index >= 15 is 0 Å². The van der Waals surface area contributed by atoms with Crippen LogP contribution in [0.15, 0.2) is 0 Å². The van der Waals surface area contributed by atoms with Crippen LogP contribution in [0.4, 0.5) is 0 Å². The number of nitrogens with one attached hydrogen (secondary N) is 3. The van der Waals surface area contributed by atoms with Crippen molar-refractivity contribution in [2.45, 2.75) is 72.1 Å². The van der Waals surface area contributed by atoms with Gasteiger partial charge in [0.1, 0.15) is 24.2 Å². The van der Waals surface area contributed by atoms with E-state index in [9.17, 15) is 24.3 Å². The van der Waals surface area contributed by atoms with E-state index in [1.54, 1.807) is 34.6 Å². The molecule has 0 aromatic carbocycles. The highest BCUT2D eigenvalue weighted by Gasteiger charge is 2.34. The Bertz CT molecular complexity index is 581. The first-order valence-corrected chi connectivity index (χ1v) is 9.87. The molecule has 0 aliphatic carbocycles. The van der Waals surface area contributed by atoms with Crippen molar-refractivity contribution < 1.29 is 29.4 Å². The van der Waals surface area contributed by atoms with Gasteiger partial charge in [-0.1, -0.05) is 48.0 Å². The van der Waals surface area contributed by atoms with Gasteiger partial charge in [-0.3, -0.25) is 14.4 Å². The molecule has 0 fully saturated rings. The minimum absolute atomic E-state index is 0.274. The first-order chi connectivity index (χ1) is 13.4. The first kappa shape index (κ1) is 26.8. The van der Waals surface area contributed by atoms with Gasteiger partial charge in [-0.25, -0.2) is 4.79 Å². The predicted molar refractivity (Wildman–Crippen MR) is 108 cm³/mol. The van der Waals surface area contributed by atoms with Crippen molar-refractivity contribution in [3.63, 3.8) is 0 Å². The molecule has 0 heterocycles. The molecule has 0 saturated heterocycles. The average Bonchev–Trinajstić information content (AvgIpc) is 2.65. The normalized spacial score (nSPS) is 16.5. The molecule has 0 spiro atoms. The molecule has 10 heteroatoms. The zero-order valence-electron chi connectivity index (χ0n) is 18.1.